The minimum Gasteiger partial charge on any atom is -0.380 e. The Balaban J connectivity index is 2.29. The van der Waals surface area contributed by atoms with Gasteiger partial charge in [0.25, 0.3) is 0 Å². The molecule has 0 aromatic rings. The van der Waals surface area contributed by atoms with Crippen molar-refractivity contribution in [2.75, 3.05) is 26.7 Å². The van der Waals surface area contributed by atoms with Gasteiger partial charge in [-0.05, 0) is 25.8 Å². The summed E-state index contributed by atoms with van der Waals surface area (Å²) in [5.41, 5.74) is 0. The molecule has 0 aromatic heterocycles. The molecule has 1 aliphatic rings. The summed E-state index contributed by atoms with van der Waals surface area (Å²) >= 11 is 3.71. The first kappa shape index (κ1) is 11.5. The van der Waals surface area contributed by atoms with E-state index in [9.17, 15) is 0 Å². The van der Waals surface area contributed by atoms with Gasteiger partial charge in [-0.1, -0.05) is 22.9 Å². The molecular weight excluding hydrogens is 230 g/mol. The van der Waals surface area contributed by atoms with Crippen LogP contribution in [0, 0.1) is 5.92 Å². The number of hydrogen-bond donors (Lipinski definition) is 0. The fourth-order valence-corrected chi connectivity index (χ4v) is 2.18. The van der Waals surface area contributed by atoms with Crippen molar-refractivity contribution in [2.45, 2.75) is 31.2 Å². The van der Waals surface area contributed by atoms with Crippen molar-refractivity contribution in [3.63, 3.8) is 0 Å². The first-order chi connectivity index (χ1) is 6.13. The summed E-state index contributed by atoms with van der Waals surface area (Å²) in [5, 5.41) is 0. The van der Waals surface area contributed by atoms with Crippen LogP contribution < -0.4 is 0 Å². The Morgan fingerprint density at radius 2 is 2.31 bits per heavy atom. The van der Waals surface area contributed by atoms with Gasteiger partial charge in [-0.25, -0.2) is 0 Å². The third-order valence-corrected chi connectivity index (χ3v) is 4.16. The predicted octanol–water partition coefficient (Wildman–Crippen LogP) is 2.13. The molecule has 2 nitrogen and oxygen atoms in total. The summed E-state index contributed by atoms with van der Waals surface area (Å²) in [4.78, 5) is 3.21. The molecule has 0 amide bonds. The highest BCUT2D eigenvalue weighted by molar-refractivity contribution is 9.09. The second-order valence-electron chi connectivity index (χ2n) is 4.09. The molecule has 1 fully saturated rings. The van der Waals surface area contributed by atoms with Crippen LogP contribution in [0.2, 0.25) is 0 Å². The second kappa shape index (κ2) is 5.32. The molecule has 1 heterocycles. The van der Waals surface area contributed by atoms with Crippen molar-refractivity contribution >= 4 is 15.9 Å². The molecule has 1 rings (SSSR count). The Labute approximate surface area is 89.8 Å². The van der Waals surface area contributed by atoms with E-state index in [1.165, 1.54) is 19.5 Å². The zero-order valence-electron chi connectivity index (χ0n) is 8.79. The Morgan fingerprint density at radius 1 is 1.62 bits per heavy atom. The molecule has 1 aliphatic heterocycles. The lowest BCUT2D eigenvalue weighted by Crippen LogP contribution is -2.43. The van der Waals surface area contributed by atoms with Gasteiger partial charge in [0.15, 0.2) is 0 Å². The monoisotopic (exact) mass is 249 g/mol. The fraction of sp³-hybridized carbons (Fsp3) is 1.00. The number of hydrogen-bond acceptors (Lipinski definition) is 2. The van der Waals surface area contributed by atoms with Crippen molar-refractivity contribution < 1.29 is 4.74 Å². The van der Waals surface area contributed by atoms with E-state index >= 15 is 0 Å². The van der Waals surface area contributed by atoms with Gasteiger partial charge in [-0.2, -0.15) is 0 Å². The molecule has 0 bridgehead atoms. The lowest BCUT2D eigenvalue weighted by molar-refractivity contribution is 0.0628. The third-order valence-electron chi connectivity index (χ3n) is 2.80. The molecule has 78 valence electrons. The predicted molar refractivity (Wildman–Crippen MR) is 59.4 cm³/mol. The average Bonchev–Trinajstić information content (AvgIpc) is 2.11. The van der Waals surface area contributed by atoms with Gasteiger partial charge < -0.3 is 9.64 Å². The van der Waals surface area contributed by atoms with Crippen LogP contribution in [0.3, 0.4) is 0 Å². The number of likely N-dealkylation sites (tertiary alicyclic amines) is 1. The Hall–Kier alpha value is 0.400. The smallest absolute Gasteiger partial charge is 0.0670 e. The largest absolute Gasteiger partial charge is 0.380 e. The van der Waals surface area contributed by atoms with Crippen molar-refractivity contribution in [1.29, 1.82) is 0 Å². The number of methoxy groups -OCH3 is 1. The van der Waals surface area contributed by atoms with E-state index in [2.05, 4.69) is 34.7 Å². The number of alkyl halides is 1. The summed E-state index contributed by atoms with van der Waals surface area (Å²) < 4.78 is 5.26. The minimum atomic E-state index is 0.360. The summed E-state index contributed by atoms with van der Waals surface area (Å²) in [6, 6.07) is 0. The molecule has 3 atom stereocenters. The van der Waals surface area contributed by atoms with E-state index in [-0.39, 0.29) is 0 Å². The van der Waals surface area contributed by atoms with E-state index < -0.39 is 0 Å². The van der Waals surface area contributed by atoms with Gasteiger partial charge in [0.2, 0.25) is 0 Å². The molecule has 0 aliphatic carbocycles. The summed E-state index contributed by atoms with van der Waals surface area (Å²) in [7, 11) is 1.78. The van der Waals surface area contributed by atoms with E-state index in [1.807, 2.05) is 0 Å². The lowest BCUT2D eigenvalue weighted by Gasteiger charge is -2.35. The first-order valence-electron chi connectivity index (χ1n) is 5.02. The van der Waals surface area contributed by atoms with Gasteiger partial charge in [-0.15, -0.1) is 0 Å². The number of nitrogens with zero attached hydrogens (tertiary/aromatic N) is 1. The Bertz CT molecular complexity index is 152. The molecular formula is C10H20BrNO. The van der Waals surface area contributed by atoms with Gasteiger partial charge in [0.1, 0.15) is 0 Å². The van der Waals surface area contributed by atoms with Crippen LogP contribution in [0.15, 0.2) is 0 Å². The first-order valence-corrected chi connectivity index (χ1v) is 5.94. The SMILES string of the molecule is COC(C)CN1CCC(Br)C(C)C1. The number of piperidine rings is 1. The van der Waals surface area contributed by atoms with E-state index in [0.717, 1.165) is 12.5 Å². The number of ether oxygens (including phenoxy) is 1. The van der Waals surface area contributed by atoms with Crippen LogP contribution in [-0.2, 0) is 4.74 Å². The van der Waals surface area contributed by atoms with Crippen LogP contribution in [-0.4, -0.2) is 42.6 Å². The van der Waals surface area contributed by atoms with Crippen LogP contribution in [0.5, 0.6) is 0 Å². The van der Waals surface area contributed by atoms with Crippen molar-refractivity contribution in [1.82, 2.24) is 4.90 Å². The zero-order chi connectivity index (χ0) is 9.84. The molecule has 0 radical (unpaired) electrons. The average molecular weight is 250 g/mol. The van der Waals surface area contributed by atoms with Crippen molar-refractivity contribution in [2.24, 2.45) is 5.92 Å². The van der Waals surface area contributed by atoms with Gasteiger partial charge in [0.05, 0.1) is 6.10 Å². The maximum Gasteiger partial charge on any atom is 0.0670 e. The Morgan fingerprint density at radius 3 is 2.85 bits per heavy atom. The highest BCUT2D eigenvalue weighted by Gasteiger charge is 2.24. The summed E-state index contributed by atoms with van der Waals surface area (Å²) in [6.07, 6.45) is 1.62. The van der Waals surface area contributed by atoms with Gasteiger partial charge in [0, 0.05) is 25.0 Å². The molecule has 0 N–H and O–H groups in total. The van der Waals surface area contributed by atoms with E-state index in [1.54, 1.807) is 7.11 Å². The van der Waals surface area contributed by atoms with Crippen LogP contribution in [0.25, 0.3) is 0 Å². The normalized spacial score (nSPS) is 33.2. The molecule has 3 unspecified atom stereocenters. The molecule has 3 heteroatoms. The maximum absolute atomic E-state index is 5.26. The summed E-state index contributed by atoms with van der Waals surface area (Å²) in [6.45, 7) is 7.91. The maximum atomic E-state index is 5.26. The molecule has 0 spiro atoms. The van der Waals surface area contributed by atoms with E-state index in [4.69, 9.17) is 4.74 Å². The van der Waals surface area contributed by atoms with Gasteiger partial charge >= 0.3 is 0 Å². The summed E-state index contributed by atoms with van der Waals surface area (Å²) in [5.74, 6) is 0.762. The minimum absolute atomic E-state index is 0.360. The third kappa shape index (κ3) is 3.56. The second-order valence-corrected chi connectivity index (χ2v) is 5.26. The standard InChI is InChI=1S/C10H20BrNO/c1-8-6-12(5-4-10(8)11)7-9(2)13-3/h8-10H,4-7H2,1-3H3. The highest BCUT2D eigenvalue weighted by atomic mass is 79.9. The molecule has 13 heavy (non-hydrogen) atoms. The fourth-order valence-electron chi connectivity index (χ4n) is 1.81. The van der Waals surface area contributed by atoms with Crippen LogP contribution >= 0.6 is 15.9 Å². The van der Waals surface area contributed by atoms with Gasteiger partial charge in [-0.3, -0.25) is 0 Å². The number of halogens is 1. The highest BCUT2D eigenvalue weighted by Crippen LogP contribution is 2.23. The van der Waals surface area contributed by atoms with Crippen LogP contribution in [0.4, 0.5) is 0 Å². The number of rotatable bonds is 3. The van der Waals surface area contributed by atoms with Crippen molar-refractivity contribution in [3.8, 4) is 0 Å². The lowest BCUT2D eigenvalue weighted by atomic mass is 10.00. The molecule has 0 saturated carbocycles. The van der Waals surface area contributed by atoms with E-state index in [0.29, 0.717) is 10.9 Å². The molecule has 1 saturated heterocycles. The Kier molecular flexibility index (Phi) is 4.70. The van der Waals surface area contributed by atoms with Crippen molar-refractivity contribution in [3.05, 3.63) is 0 Å². The topological polar surface area (TPSA) is 12.5 Å². The quantitative estimate of drug-likeness (QED) is 0.711. The van der Waals surface area contributed by atoms with Crippen LogP contribution in [0.1, 0.15) is 20.3 Å². The zero-order valence-corrected chi connectivity index (χ0v) is 10.4. The molecule has 0 aromatic carbocycles.